The average molecular weight is 469 g/mol. The van der Waals surface area contributed by atoms with E-state index in [1.807, 2.05) is 0 Å². The smallest absolute Gasteiger partial charge is 0.251 e. The third-order valence-electron chi connectivity index (χ3n) is 4.73. The molecule has 5 nitrogen and oxygen atoms in total. The van der Waals surface area contributed by atoms with Gasteiger partial charge in [0.2, 0.25) is 10.0 Å². The normalized spacial score (nSPS) is 15.4. The molecule has 1 heterocycles. The van der Waals surface area contributed by atoms with Crippen molar-refractivity contribution in [1.29, 1.82) is 0 Å². The van der Waals surface area contributed by atoms with Crippen LogP contribution in [0.15, 0.2) is 51.8 Å². The van der Waals surface area contributed by atoms with Gasteiger partial charge in [0.15, 0.2) is 0 Å². The zero-order valence-electron chi connectivity index (χ0n) is 15.3. The predicted octanol–water partition coefficient (Wildman–Crippen LogP) is 3.74. The molecule has 1 saturated heterocycles. The van der Waals surface area contributed by atoms with E-state index in [0.717, 1.165) is 24.8 Å². The van der Waals surface area contributed by atoms with Crippen molar-refractivity contribution < 1.29 is 17.6 Å². The largest absolute Gasteiger partial charge is 0.352 e. The molecule has 0 aliphatic carbocycles. The minimum absolute atomic E-state index is 0.143. The Morgan fingerprint density at radius 1 is 1.11 bits per heavy atom. The molecule has 0 radical (unpaired) electrons. The van der Waals surface area contributed by atoms with Gasteiger partial charge in [0, 0.05) is 25.2 Å². The SMILES string of the molecule is O=C(NCCc1ccc(F)c(Br)c1)c1cccc(S(=O)(=O)N2CCCCC2)c1. The van der Waals surface area contributed by atoms with E-state index in [4.69, 9.17) is 0 Å². The number of carbonyl (C=O) groups is 1. The Labute approximate surface area is 173 Å². The van der Waals surface area contributed by atoms with Crippen LogP contribution in [-0.4, -0.2) is 38.3 Å². The molecule has 28 heavy (non-hydrogen) atoms. The Morgan fingerprint density at radius 2 is 1.86 bits per heavy atom. The fourth-order valence-electron chi connectivity index (χ4n) is 3.17. The molecule has 2 aromatic rings. The van der Waals surface area contributed by atoms with Crippen molar-refractivity contribution in [2.45, 2.75) is 30.6 Å². The first-order valence-electron chi connectivity index (χ1n) is 9.20. The van der Waals surface area contributed by atoms with E-state index >= 15 is 0 Å². The van der Waals surface area contributed by atoms with E-state index in [1.54, 1.807) is 24.3 Å². The van der Waals surface area contributed by atoms with Crippen molar-refractivity contribution in [2.75, 3.05) is 19.6 Å². The molecule has 0 spiro atoms. The summed E-state index contributed by atoms with van der Waals surface area (Å²) in [5, 5.41) is 2.78. The lowest BCUT2D eigenvalue weighted by Gasteiger charge is -2.26. The van der Waals surface area contributed by atoms with Gasteiger partial charge in [-0.15, -0.1) is 0 Å². The van der Waals surface area contributed by atoms with E-state index in [-0.39, 0.29) is 16.6 Å². The van der Waals surface area contributed by atoms with Crippen molar-refractivity contribution in [1.82, 2.24) is 9.62 Å². The molecule has 1 amide bonds. The minimum atomic E-state index is -3.58. The van der Waals surface area contributed by atoms with Crippen molar-refractivity contribution in [3.05, 3.63) is 63.9 Å². The maximum atomic E-state index is 13.3. The number of nitrogens with one attached hydrogen (secondary N) is 1. The predicted molar refractivity (Wildman–Crippen MR) is 109 cm³/mol. The van der Waals surface area contributed by atoms with Crippen LogP contribution >= 0.6 is 15.9 Å². The molecule has 0 unspecified atom stereocenters. The summed E-state index contributed by atoms with van der Waals surface area (Å²) < 4.78 is 40.7. The number of piperidine rings is 1. The number of benzene rings is 2. The topological polar surface area (TPSA) is 66.5 Å². The molecule has 1 aliphatic heterocycles. The van der Waals surface area contributed by atoms with Crippen molar-refractivity contribution in [2.24, 2.45) is 0 Å². The Bertz CT molecular complexity index is 960. The maximum Gasteiger partial charge on any atom is 0.251 e. The lowest BCUT2D eigenvalue weighted by molar-refractivity contribution is 0.0954. The maximum absolute atomic E-state index is 13.3. The van der Waals surface area contributed by atoms with Crippen LogP contribution in [0, 0.1) is 5.82 Å². The van der Waals surface area contributed by atoms with Crippen molar-refractivity contribution in [3.8, 4) is 0 Å². The summed E-state index contributed by atoms with van der Waals surface area (Å²) >= 11 is 3.14. The summed E-state index contributed by atoms with van der Waals surface area (Å²) in [6.45, 7) is 1.40. The fourth-order valence-corrected chi connectivity index (χ4v) is 5.16. The summed E-state index contributed by atoms with van der Waals surface area (Å²) in [6, 6.07) is 10.8. The third kappa shape index (κ3) is 4.98. The third-order valence-corrected chi connectivity index (χ3v) is 7.23. The second kappa shape index (κ2) is 9.15. The fraction of sp³-hybridized carbons (Fsp3) is 0.350. The van der Waals surface area contributed by atoms with E-state index in [2.05, 4.69) is 21.2 Å². The van der Waals surface area contributed by atoms with E-state index in [0.29, 0.717) is 36.1 Å². The molecule has 0 atom stereocenters. The van der Waals surface area contributed by atoms with Crippen LogP contribution in [0.4, 0.5) is 4.39 Å². The molecular formula is C20H22BrFN2O3S. The zero-order chi connectivity index (χ0) is 20.1. The average Bonchev–Trinajstić information content (AvgIpc) is 2.71. The molecular weight excluding hydrogens is 447 g/mol. The highest BCUT2D eigenvalue weighted by Gasteiger charge is 2.26. The van der Waals surface area contributed by atoms with E-state index in [9.17, 15) is 17.6 Å². The number of amides is 1. The first-order chi connectivity index (χ1) is 13.4. The van der Waals surface area contributed by atoms with Gasteiger partial charge < -0.3 is 5.32 Å². The van der Waals surface area contributed by atoms with Gasteiger partial charge >= 0.3 is 0 Å². The Hall–Kier alpha value is -1.77. The molecule has 1 N–H and O–H groups in total. The first-order valence-corrected chi connectivity index (χ1v) is 11.4. The highest BCUT2D eigenvalue weighted by Crippen LogP contribution is 2.21. The minimum Gasteiger partial charge on any atom is -0.352 e. The molecule has 2 aromatic carbocycles. The van der Waals surface area contributed by atoms with Crippen molar-refractivity contribution in [3.63, 3.8) is 0 Å². The Morgan fingerprint density at radius 3 is 2.57 bits per heavy atom. The van der Waals surface area contributed by atoms with E-state index < -0.39 is 10.0 Å². The van der Waals surface area contributed by atoms with Gasteiger partial charge in [-0.2, -0.15) is 4.31 Å². The molecule has 8 heteroatoms. The monoisotopic (exact) mass is 468 g/mol. The number of nitrogens with zero attached hydrogens (tertiary/aromatic N) is 1. The molecule has 0 aromatic heterocycles. The first kappa shape index (κ1) is 21.0. The second-order valence-electron chi connectivity index (χ2n) is 6.75. The summed E-state index contributed by atoms with van der Waals surface area (Å²) in [7, 11) is -3.58. The van der Waals surface area contributed by atoms with Crippen LogP contribution in [0.25, 0.3) is 0 Å². The van der Waals surface area contributed by atoms with Gasteiger partial charge in [-0.1, -0.05) is 18.6 Å². The molecule has 3 rings (SSSR count). The number of rotatable bonds is 6. The number of hydrogen-bond donors (Lipinski definition) is 1. The number of hydrogen-bond acceptors (Lipinski definition) is 3. The lowest BCUT2D eigenvalue weighted by atomic mass is 10.1. The van der Waals surface area contributed by atoms with Gasteiger partial charge in [-0.25, -0.2) is 12.8 Å². The lowest BCUT2D eigenvalue weighted by Crippen LogP contribution is -2.35. The number of sulfonamides is 1. The van der Waals surface area contributed by atoms with Crippen LogP contribution in [0.2, 0.25) is 0 Å². The highest BCUT2D eigenvalue weighted by molar-refractivity contribution is 9.10. The summed E-state index contributed by atoms with van der Waals surface area (Å²) in [4.78, 5) is 12.6. The van der Waals surface area contributed by atoms with Gasteiger partial charge in [0.05, 0.1) is 9.37 Å². The highest BCUT2D eigenvalue weighted by atomic mass is 79.9. The molecule has 0 saturated carbocycles. The number of halogens is 2. The van der Waals surface area contributed by atoms with Crippen molar-refractivity contribution >= 4 is 31.9 Å². The van der Waals surface area contributed by atoms with Gasteiger partial charge in [0.1, 0.15) is 5.82 Å². The molecule has 150 valence electrons. The molecule has 0 bridgehead atoms. The van der Waals surface area contributed by atoms with Crippen LogP contribution in [-0.2, 0) is 16.4 Å². The molecule has 1 aliphatic rings. The Kier molecular flexibility index (Phi) is 6.85. The van der Waals surface area contributed by atoms with Gasteiger partial charge in [-0.05, 0) is 71.1 Å². The van der Waals surface area contributed by atoms with Crippen LogP contribution in [0.5, 0.6) is 0 Å². The van der Waals surface area contributed by atoms with Crippen LogP contribution in [0.1, 0.15) is 35.2 Å². The summed E-state index contributed by atoms with van der Waals surface area (Å²) in [5.74, 6) is -0.670. The second-order valence-corrected chi connectivity index (χ2v) is 9.54. The van der Waals surface area contributed by atoms with E-state index in [1.165, 1.54) is 22.5 Å². The standard InChI is InChI=1S/C20H22BrFN2O3S/c21-18-13-15(7-8-19(18)22)9-10-23-20(25)16-5-4-6-17(14-16)28(26,27)24-11-2-1-3-12-24/h4-8,13-14H,1-3,9-12H2,(H,23,25). The summed E-state index contributed by atoms with van der Waals surface area (Å²) in [6.07, 6.45) is 3.30. The van der Waals surface area contributed by atoms with Crippen LogP contribution in [0.3, 0.4) is 0 Å². The quantitative estimate of drug-likeness (QED) is 0.701. The van der Waals surface area contributed by atoms with Crippen LogP contribution < -0.4 is 5.32 Å². The summed E-state index contributed by atoms with van der Waals surface area (Å²) in [5.41, 5.74) is 1.19. The van der Waals surface area contributed by atoms with Gasteiger partial charge in [-0.3, -0.25) is 4.79 Å². The zero-order valence-corrected chi connectivity index (χ0v) is 17.7. The van der Waals surface area contributed by atoms with Gasteiger partial charge in [0.25, 0.3) is 5.91 Å². The molecule has 1 fully saturated rings. The number of carbonyl (C=O) groups excluding carboxylic acids is 1. The Balaban J connectivity index is 1.64.